The van der Waals surface area contributed by atoms with Crippen LogP contribution in [0.25, 0.3) is 0 Å². The number of hydrogen-bond donors (Lipinski definition) is 0. The first-order chi connectivity index (χ1) is 4.31. The zero-order valence-electron chi connectivity index (χ0n) is 5.34. The van der Waals surface area contributed by atoms with Crippen LogP contribution in [-0.2, 0) is 0 Å². The van der Waals surface area contributed by atoms with Gasteiger partial charge in [0.2, 0.25) is 0 Å². The van der Waals surface area contributed by atoms with Crippen LogP contribution in [0.15, 0.2) is 35.9 Å². The lowest BCUT2D eigenvalue weighted by Gasteiger charge is -1.82. The second kappa shape index (κ2) is 5.71. The Balaban J connectivity index is 3.71. The van der Waals surface area contributed by atoms with Gasteiger partial charge in [0, 0.05) is 0 Å². The highest BCUT2D eigenvalue weighted by Crippen LogP contribution is 2.05. The zero-order chi connectivity index (χ0) is 7.11. The van der Waals surface area contributed by atoms with Crippen molar-refractivity contribution in [2.45, 2.75) is 6.92 Å². The summed E-state index contributed by atoms with van der Waals surface area (Å²) in [6.07, 6.45) is 7.22. The van der Waals surface area contributed by atoms with Crippen LogP contribution in [0, 0.1) is 0 Å². The van der Waals surface area contributed by atoms with E-state index in [1.165, 1.54) is 6.08 Å². The molecule has 0 N–H and O–H groups in total. The van der Waals surface area contributed by atoms with Gasteiger partial charge in [0.25, 0.3) is 0 Å². The molecule has 2 heteroatoms. The zero-order valence-corrected chi connectivity index (χ0v) is 6.50. The molecule has 0 heterocycles. The third kappa shape index (κ3) is 5.45. The van der Waals surface area contributed by atoms with Crippen LogP contribution in [0.2, 0.25) is 0 Å². The Hall–Kier alpha value is -0.420. The van der Waals surface area contributed by atoms with E-state index in [9.17, 15) is 4.39 Å². The van der Waals surface area contributed by atoms with E-state index < -0.39 is 0 Å². The van der Waals surface area contributed by atoms with E-state index in [1.807, 2.05) is 13.0 Å². The standard InChI is InChI=1S/C7H10FP/c1-2-7(9)5-3-4-6-8/h2-6H,9H2,1H3/b5-3-,6-4+,7-2-. The Morgan fingerprint density at radius 2 is 2.11 bits per heavy atom. The number of hydrogen-bond acceptors (Lipinski definition) is 0. The summed E-state index contributed by atoms with van der Waals surface area (Å²) in [6, 6.07) is 0. The average molecular weight is 144 g/mol. The summed E-state index contributed by atoms with van der Waals surface area (Å²) in [4.78, 5) is 0. The second-order valence-corrected chi connectivity index (χ2v) is 2.13. The topological polar surface area (TPSA) is 0 Å². The highest BCUT2D eigenvalue weighted by atomic mass is 31.0. The molecule has 0 spiro atoms. The van der Waals surface area contributed by atoms with Gasteiger partial charge in [0.05, 0.1) is 6.33 Å². The van der Waals surface area contributed by atoms with Gasteiger partial charge >= 0.3 is 0 Å². The van der Waals surface area contributed by atoms with Crippen molar-refractivity contribution in [2.75, 3.05) is 0 Å². The van der Waals surface area contributed by atoms with Crippen molar-refractivity contribution in [1.82, 2.24) is 0 Å². The van der Waals surface area contributed by atoms with Gasteiger partial charge in [-0.1, -0.05) is 18.2 Å². The third-order valence-corrected chi connectivity index (χ3v) is 1.33. The Labute approximate surface area is 57.4 Å². The van der Waals surface area contributed by atoms with Crippen LogP contribution in [0.5, 0.6) is 0 Å². The van der Waals surface area contributed by atoms with E-state index in [0.29, 0.717) is 6.33 Å². The summed E-state index contributed by atoms with van der Waals surface area (Å²) in [6.45, 7) is 1.92. The monoisotopic (exact) mass is 144 g/mol. The van der Waals surface area contributed by atoms with Crippen molar-refractivity contribution in [3.05, 3.63) is 35.9 Å². The van der Waals surface area contributed by atoms with Crippen molar-refractivity contribution < 1.29 is 4.39 Å². The first kappa shape index (κ1) is 8.58. The molecular weight excluding hydrogens is 134 g/mol. The summed E-state index contributed by atoms with van der Waals surface area (Å²) in [5.74, 6) is 0. The highest BCUT2D eigenvalue weighted by molar-refractivity contribution is 7.22. The molecule has 0 amide bonds. The molecule has 0 nitrogen and oxygen atoms in total. The van der Waals surface area contributed by atoms with Gasteiger partial charge < -0.3 is 0 Å². The maximum Gasteiger partial charge on any atom is 0.0866 e. The maximum absolute atomic E-state index is 11.3. The molecule has 0 rings (SSSR count). The maximum atomic E-state index is 11.3. The molecule has 1 unspecified atom stereocenters. The smallest absolute Gasteiger partial charge is 0.0866 e. The molecule has 0 radical (unpaired) electrons. The summed E-state index contributed by atoms with van der Waals surface area (Å²) in [7, 11) is 2.52. The molecule has 0 aromatic rings. The summed E-state index contributed by atoms with van der Waals surface area (Å²) < 4.78 is 11.3. The minimum Gasteiger partial charge on any atom is -0.216 e. The normalized spacial score (nSPS) is 13.9. The van der Waals surface area contributed by atoms with Crippen molar-refractivity contribution in [2.24, 2.45) is 0 Å². The van der Waals surface area contributed by atoms with Crippen LogP contribution < -0.4 is 0 Å². The van der Waals surface area contributed by atoms with Gasteiger partial charge in [-0.05, 0) is 18.3 Å². The molecule has 0 aliphatic rings. The van der Waals surface area contributed by atoms with Crippen LogP contribution in [-0.4, -0.2) is 0 Å². The second-order valence-electron chi connectivity index (χ2n) is 1.47. The van der Waals surface area contributed by atoms with Gasteiger partial charge in [0.15, 0.2) is 0 Å². The van der Waals surface area contributed by atoms with Gasteiger partial charge in [-0.15, -0.1) is 9.24 Å². The first-order valence-electron chi connectivity index (χ1n) is 2.66. The van der Waals surface area contributed by atoms with E-state index in [2.05, 4.69) is 9.24 Å². The van der Waals surface area contributed by atoms with E-state index in [1.54, 1.807) is 12.2 Å². The Morgan fingerprint density at radius 3 is 2.56 bits per heavy atom. The molecule has 0 aromatic heterocycles. The molecule has 9 heavy (non-hydrogen) atoms. The van der Waals surface area contributed by atoms with Crippen molar-refractivity contribution in [3.63, 3.8) is 0 Å². The van der Waals surface area contributed by atoms with Gasteiger partial charge in [-0.3, -0.25) is 0 Å². The molecule has 0 fully saturated rings. The summed E-state index contributed by atoms with van der Waals surface area (Å²) >= 11 is 0. The third-order valence-electron chi connectivity index (χ3n) is 0.806. The number of halogens is 1. The molecule has 0 saturated heterocycles. The van der Waals surface area contributed by atoms with E-state index in [-0.39, 0.29) is 0 Å². The molecule has 0 saturated carbocycles. The van der Waals surface area contributed by atoms with Crippen molar-refractivity contribution in [3.8, 4) is 0 Å². The fourth-order valence-electron chi connectivity index (χ4n) is 0.305. The van der Waals surface area contributed by atoms with E-state index in [0.717, 1.165) is 5.31 Å². The lowest BCUT2D eigenvalue weighted by Crippen LogP contribution is -1.55. The Kier molecular flexibility index (Phi) is 5.45. The van der Waals surface area contributed by atoms with E-state index in [4.69, 9.17) is 0 Å². The first-order valence-corrected chi connectivity index (χ1v) is 3.24. The lowest BCUT2D eigenvalue weighted by molar-refractivity contribution is 0.721. The fourth-order valence-corrected chi connectivity index (χ4v) is 0.416. The lowest BCUT2D eigenvalue weighted by atomic mass is 10.4. The Bertz CT molecular complexity index is 145. The molecule has 0 aliphatic heterocycles. The predicted octanol–water partition coefficient (Wildman–Crippen LogP) is 2.80. The van der Waals surface area contributed by atoms with Gasteiger partial charge in [0.1, 0.15) is 0 Å². The van der Waals surface area contributed by atoms with Crippen molar-refractivity contribution >= 4 is 9.24 Å². The fraction of sp³-hybridized carbons (Fsp3) is 0.143. The van der Waals surface area contributed by atoms with Crippen LogP contribution in [0.3, 0.4) is 0 Å². The molecule has 0 aromatic carbocycles. The number of rotatable bonds is 2. The highest BCUT2D eigenvalue weighted by Gasteiger charge is 1.72. The largest absolute Gasteiger partial charge is 0.216 e. The van der Waals surface area contributed by atoms with Crippen LogP contribution in [0.1, 0.15) is 6.92 Å². The molecule has 0 aliphatic carbocycles. The van der Waals surface area contributed by atoms with Crippen LogP contribution >= 0.6 is 9.24 Å². The quantitative estimate of drug-likeness (QED) is 0.413. The van der Waals surface area contributed by atoms with E-state index >= 15 is 0 Å². The average Bonchev–Trinajstić information content (AvgIpc) is 1.89. The predicted molar refractivity (Wildman–Crippen MR) is 42.9 cm³/mol. The summed E-state index contributed by atoms with van der Waals surface area (Å²) in [5, 5.41) is 1.05. The van der Waals surface area contributed by atoms with Crippen LogP contribution in [0.4, 0.5) is 4.39 Å². The molecular formula is C7H10FP. The minimum atomic E-state index is 0.504. The number of allylic oxidation sites excluding steroid dienone is 5. The van der Waals surface area contributed by atoms with Gasteiger partial charge in [-0.25, -0.2) is 4.39 Å². The van der Waals surface area contributed by atoms with Gasteiger partial charge in [-0.2, -0.15) is 0 Å². The molecule has 0 bridgehead atoms. The SMILES string of the molecule is C/C=C(P)/C=C\C=C\F. The van der Waals surface area contributed by atoms with Crippen molar-refractivity contribution in [1.29, 1.82) is 0 Å². The minimum absolute atomic E-state index is 0.504. The summed E-state index contributed by atoms with van der Waals surface area (Å²) in [5.41, 5.74) is 0. The molecule has 1 atom stereocenters. The Morgan fingerprint density at radius 1 is 1.44 bits per heavy atom. The molecule has 50 valence electrons.